The van der Waals surface area contributed by atoms with Crippen molar-refractivity contribution < 1.29 is 21.6 Å². The summed E-state index contributed by atoms with van der Waals surface area (Å²) >= 11 is 3.10. The second kappa shape index (κ2) is 6.13. The average Bonchev–Trinajstić information content (AvgIpc) is 2.26. The number of halogens is 4. The maximum Gasteiger partial charge on any atom is 0.405 e. The molecule has 0 saturated heterocycles. The zero-order valence-corrected chi connectivity index (χ0v) is 12.5. The molecule has 0 atom stereocenters. The molecule has 0 bridgehead atoms. The lowest BCUT2D eigenvalue weighted by Crippen LogP contribution is -2.35. The van der Waals surface area contributed by atoms with Crippen LogP contribution in [0.15, 0.2) is 29.2 Å². The summed E-state index contributed by atoms with van der Waals surface area (Å²) in [6.45, 7) is -0.894. The summed E-state index contributed by atoms with van der Waals surface area (Å²) in [4.78, 5) is 1.22. The number of nitrogens with zero attached hydrogens (tertiary/aromatic N) is 1. The highest BCUT2D eigenvalue weighted by Gasteiger charge is 2.30. The average molecular weight is 360 g/mol. The molecule has 0 aliphatic rings. The third-order valence-electron chi connectivity index (χ3n) is 2.35. The summed E-state index contributed by atoms with van der Waals surface area (Å²) in [5, 5.41) is 0.386. The normalized spacial score (nSPS) is 12.5. The molecular formula is C11H13BrF3NO2S. The molecule has 0 N–H and O–H groups in total. The number of hydrogen-bond donors (Lipinski definition) is 0. The topological polar surface area (TPSA) is 37.4 Å². The molecule has 0 heterocycles. The third-order valence-corrected chi connectivity index (χ3v) is 3.84. The van der Waals surface area contributed by atoms with E-state index in [-0.39, 0.29) is 11.4 Å². The van der Waals surface area contributed by atoms with Gasteiger partial charge in [-0.25, -0.2) is 8.42 Å². The maximum absolute atomic E-state index is 12.4. The van der Waals surface area contributed by atoms with Gasteiger partial charge in [-0.05, 0) is 24.3 Å². The molecule has 0 fully saturated rings. The van der Waals surface area contributed by atoms with Crippen LogP contribution >= 0.6 is 15.9 Å². The van der Waals surface area contributed by atoms with Gasteiger partial charge in [0.05, 0.1) is 4.90 Å². The van der Waals surface area contributed by atoms with Gasteiger partial charge in [-0.3, -0.25) is 0 Å². The molecule has 1 rings (SSSR count). The molecule has 1 aromatic rings. The van der Waals surface area contributed by atoms with Gasteiger partial charge in [0.25, 0.3) is 0 Å². The van der Waals surface area contributed by atoms with Crippen LogP contribution < -0.4 is 4.90 Å². The minimum atomic E-state index is -4.31. The smallest absolute Gasteiger partial charge is 0.362 e. The van der Waals surface area contributed by atoms with E-state index in [2.05, 4.69) is 15.9 Å². The van der Waals surface area contributed by atoms with E-state index in [4.69, 9.17) is 0 Å². The van der Waals surface area contributed by atoms with Gasteiger partial charge in [0.2, 0.25) is 0 Å². The Labute approximate surface area is 118 Å². The lowest BCUT2D eigenvalue weighted by Gasteiger charge is -2.25. The lowest BCUT2D eigenvalue weighted by molar-refractivity contribution is -0.119. The SMILES string of the molecule is CS(=O)(=O)c1ccc(N(CCBr)CC(F)(F)F)cc1. The quantitative estimate of drug-likeness (QED) is 0.758. The Morgan fingerprint density at radius 2 is 1.74 bits per heavy atom. The molecule has 0 amide bonds. The van der Waals surface area contributed by atoms with Crippen LogP contribution in [0.5, 0.6) is 0 Å². The van der Waals surface area contributed by atoms with Crippen LogP contribution in [0.2, 0.25) is 0 Å². The number of sulfone groups is 1. The van der Waals surface area contributed by atoms with Crippen molar-refractivity contribution in [3.05, 3.63) is 24.3 Å². The van der Waals surface area contributed by atoms with E-state index in [1.807, 2.05) is 0 Å². The zero-order valence-electron chi connectivity index (χ0n) is 10.1. The first kappa shape index (κ1) is 16.3. The highest BCUT2D eigenvalue weighted by Crippen LogP contribution is 2.23. The van der Waals surface area contributed by atoms with Gasteiger partial charge in [0.1, 0.15) is 6.54 Å². The number of alkyl halides is 4. The molecule has 0 aromatic heterocycles. The first-order valence-electron chi connectivity index (χ1n) is 5.31. The van der Waals surface area contributed by atoms with Crippen molar-refractivity contribution >= 4 is 31.5 Å². The van der Waals surface area contributed by atoms with Gasteiger partial charge in [0, 0.05) is 23.8 Å². The van der Waals surface area contributed by atoms with Crippen molar-refractivity contribution in [1.82, 2.24) is 0 Å². The molecule has 0 saturated carbocycles. The van der Waals surface area contributed by atoms with Crippen LogP contribution in [0.4, 0.5) is 18.9 Å². The summed E-state index contributed by atoms with van der Waals surface area (Å²) in [5.74, 6) is 0. The van der Waals surface area contributed by atoms with Crippen LogP contribution in [-0.4, -0.2) is 39.3 Å². The minimum absolute atomic E-state index is 0.0852. The second-order valence-corrected chi connectivity index (χ2v) is 6.80. The van der Waals surface area contributed by atoms with Gasteiger partial charge in [-0.15, -0.1) is 0 Å². The number of anilines is 1. The molecule has 0 aliphatic heterocycles. The summed E-state index contributed by atoms with van der Waals surface area (Å²) in [7, 11) is -3.34. The first-order valence-corrected chi connectivity index (χ1v) is 8.32. The van der Waals surface area contributed by atoms with Crippen LogP contribution in [0.1, 0.15) is 0 Å². The largest absolute Gasteiger partial charge is 0.405 e. The van der Waals surface area contributed by atoms with Crippen molar-refractivity contribution in [3.8, 4) is 0 Å². The predicted octanol–water partition coefficient (Wildman–Crippen LogP) is 2.85. The summed E-state index contributed by atoms with van der Waals surface area (Å²) < 4.78 is 59.8. The third kappa shape index (κ3) is 5.40. The number of rotatable bonds is 5. The molecule has 0 spiro atoms. The molecule has 0 aliphatic carbocycles. The lowest BCUT2D eigenvalue weighted by atomic mass is 10.3. The Hall–Kier alpha value is -0.760. The van der Waals surface area contributed by atoms with Crippen LogP contribution in [0, 0.1) is 0 Å². The zero-order chi connectivity index (χ0) is 14.7. The summed E-state index contributed by atoms with van der Waals surface area (Å²) in [6.07, 6.45) is -3.26. The van der Waals surface area contributed by atoms with Crippen molar-refractivity contribution in [3.63, 3.8) is 0 Å². The second-order valence-electron chi connectivity index (χ2n) is 3.99. The van der Waals surface area contributed by atoms with Crippen molar-refractivity contribution in [2.75, 3.05) is 29.6 Å². The highest BCUT2D eigenvalue weighted by molar-refractivity contribution is 9.09. The number of benzene rings is 1. The molecular weight excluding hydrogens is 347 g/mol. The maximum atomic E-state index is 12.4. The van der Waals surface area contributed by atoms with E-state index in [1.54, 1.807) is 0 Å². The van der Waals surface area contributed by atoms with E-state index >= 15 is 0 Å². The number of hydrogen-bond acceptors (Lipinski definition) is 3. The van der Waals surface area contributed by atoms with Crippen LogP contribution in [0.25, 0.3) is 0 Å². The highest BCUT2D eigenvalue weighted by atomic mass is 79.9. The molecule has 1 aromatic carbocycles. The Kier molecular flexibility index (Phi) is 5.26. The molecule has 108 valence electrons. The fraction of sp³-hybridized carbons (Fsp3) is 0.455. The fourth-order valence-electron chi connectivity index (χ4n) is 1.52. The fourth-order valence-corrected chi connectivity index (χ4v) is 2.58. The molecule has 19 heavy (non-hydrogen) atoms. The summed E-state index contributed by atoms with van der Waals surface area (Å²) in [6, 6.07) is 5.38. The van der Waals surface area contributed by atoms with Crippen molar-refractivity contribution in [2.24, 2.45) is 0 Å². The van der Waals surface area contributed by atoms with E-state index in [1.165, 1.54) is 24.3 Å². The minimum Gasteiger partial charge on any atom is -0.362 e. The molecule has 8 heteroatoms. The molecule has 0 unspecified atom stereocenters. The van der Waals surface area contributed by atoms with Crippen LogP contribution in [0.3, 0.4) is 0 Å². The van der Waals surface area contributed by atoms with Gasteiger partial charge in [0.15, 0.2) is 9.84 Å². The standard InChI is InChI=1S/C11H13BrF3NO2S/c1-19(17,18)10-4-2-9(3-5-10)16(7-6-12)8-11(13,14)15/h2-5H,6-8H2,1H3. The van der Waals surface area contributed by atoms with Crippen LogP contribution in [-0.2, 0) is 9.84 Å². The van der Waals surface area contributed by atoms with Gasteiger partial charge >= 0.3 is 6.18 Å². The van der Waals surface area contributed by atoms with E-state index in [0.717, 1.165) is 11.2 Å². The molecule has 3 nitrogen and oxygen atoms in total. The summed E-state index contributed by atoms with van der Waals surface area (Å²) in [5.41, 5.74) is 0.337. The Morgan fingerprint density at radius 3 is 2.11 bits per heavy atom. The van der Waals surface area contributed by atoms with E-state index < -0.39 is 22.6 Å². The van der Waals surface area contributed by atoms with Crippen molar-refractivity contribution in [2.45, 2.75) is 11.1 Å². The van der Waals surface area contributed by atoms with E-state index in [9.17, 15) is 21.6 Å². The van der Waals surface area contributed by atoms with E-state index in [0.29, 0.717) is 11.0 Å². The van der Waals surface area contributed by atoms with Gasteiger partial charge < -0.3 is 4.90 Å². The Bertz CT molecular complexity index is 514. The first-order chi connectivity index (χ1) is 8.63. The molecule has 0 radical (unpaired) electrons. The van der Waals surface area contributed by atoms with Crippen molar-refractivity contribution in [1.29, 1.82) is 0 Å². The van der Waals surface area contributed by atoms with Gasteiger partial charge in [-0.2, -0.15) is 13.2 Å². The monoisotopic (exact) mass is 359 g/mol. The van der Waals surface area contributed by atoms with Gasteiger partial charge in [-0.1, -0.05) is 15.9 Å². The predicted molar refractivity (Wildman–Crippen MR) is 71.6 cm³/mol. The Balaban J connectivity index is 2.98. The Morgan fingerprint density at radius 1 is 1.21 bits per heavy atom.